The Labute approximate surface area is 121 Å². The Kier molecular flexibility index (Phi) is 5.05. The van der Waals surface area contributed by atoms with Gasteiger partial charge in [-0.2, -0.15) is 0 Å². The molecule has 2 aromatic carbocycles. The first kappa shape index (κ1) is 14.4. The molecule has 0 radical (unpaired) electrons. The fourth-order valence-electron chi connectivity index (χ4n) is 2.32. The topological polar surface area (TPSA) is 21.3 Å². The minimum atomic E-state index is 0.556. The summed E-state index contributed by atoms with van der Waals surface area (Å²) in [6, 6.07) is 16.9. The van der Waals surface area contributed by atoms with Gasteiger partial charge >= 0.3 is 0 Å². The Morgan fingerprint density at radius 1 is 1.10 bits per heavy atom. The van der Waals surface area contributed by atoms with Crippen LogP contribution in [-0.2, 0) is 0 Å². The quantitative estimate of drug-likeness (QED) is 0.827. The minimum absolute atomic E-state index is 0.556. The maximum atomic E-state index is 5.41. The third-order valence-electron chi connectivity index (χ3n) is 3.62. The Hall–Kier alpha value is -1.96. The molecule has 0 aromatic heterocycles. The van der Waals surface area contributed by atoms with Gasteiger partial charge in [-0.3, -0.25) is 0 Å². The minimum Gasteiger partial charge on any atom is -0.495 e. The van der Waals surface area contributed by atoms with Gasteiger partial charge in [0.25, 0.3) is 0 Å². The van der Waals surface area contributed by atoms with Crippen LogP contribution < -0.4 is 10.1 Å². The molecule has 2 aromatic rings. The number of hydrogen-bond donors (Lipinski definition) is 1. The van der Waals surface area contributed by atoms with E-state index in [4.69, 9.17) is 4.74 Å². The van der Waals surface area contributed by atoms with Crippen molar-refractivity contribution < 1.29 is 4.74 Å². The van der Waals surface area contributed by atoms with E-state index in [1.807, 2.05) is 0 Å². The lowest BCUT2D eigenvalue weighted by Crippen LogP contribution is -2.07. The number of ether oxygens (including phenoxy) is 1. The van der Waals surface area contributed by atoms with Gasteiger partial charge in [0.15, 0.2) is 0 Å². The van der Waals surface area contributed by atoms with E-state index < -0.39 is 0 Å². The first-order chi connectivity index (χ1) is 9.70. The maximum Gasteiger partial charge on any atom is 0.142 e. The number of nitrogens with one attached hydrogen (secondary N) is 1. The molecule has 1 atom stereocenters. The van der Waals surface area contributed by atoms with Crippen LogP contribution in [0.2, 0.25) is 0 Å². The molecule has 0 bridgehead atoms. The summed E-state index contributed by atoms with van der Waals surface area (Å²) in [7, 11) is 1.71. The van der Waals surface area contributed by atoms with Gasteiger partial charge in [0, 0.05) is 6.54 Å². The highest BCUT2D eigenvalue weighted by Gasteiger charge is 2.06. The van der Waals surface area contributed by atoms with Crippen molar-refractivity contribution in [2.45, 2.75) is 26.2 Å². The molecule has 0 aliphatic heterocycles. The van der Waals surface area contributed by atoms with Crippen LogP contribution in [0.25, 0.3) is 0 Å². The zero-order chi connectivity index (χ0) is 14.4. The molecule has 20 heavy (non-hydrogen) atoms. The molecule has 0 saturated heterocycles. The Morgan fingerprint density at radius 2 is 1.85 bits per heavy atom. The summed E-state index contributed by atoms with van der Waals surface area (Å²) in [5.74, 6) is 1.47. The summed E-state index contributed by atoms with van der Waals surface area (Å²) in [6.45, 7) is 5.28. The normalized spacial score (nSPS) is 11.9. The smallest absolute Gasteiger partial charge is 0.142 e. The summed E-state index contributed by atoms with van der Waals surface area (Å²) in [5.41, 5.74) is 3.67. The average Bonchev–Trinajstić information content (AvgIpc) is 2.49. The van der Waals surface area contributed by atoms with E-state index in [2.05, 4.69) is 67.7 Å². The highest BCUT2D eigenvalue weighted by Crippen LogP contribution is 2.26. The lowest BCUT2D eigenvalue weighted by atomic mass is 9.98. The molecule has 0 spiro atoms. The number of benzene rings is 2. The van der Waals surface area contributed by atoms with Crippen molar-refractivity contribution in [1.29, 1.82) is 0 Å². The SMILES string of the molecule is COc1cc(C)ccc1NCCC(C)c1ccccc1. The Balaban J connectivity index is 1.90. The van der Waals surface area contributed by atoms with Crippen LogP contribution in [0.3, 0.4) is 0 Å². The first-order valence-electron chi connectivity index (χ1n) is 7.14. The monoisotopic (exact) mass is 269 g/mol. The molecule has 2 heteroatoms. The van der Waals surface area contributed by atoms with Crippen LogP contribution in [0.15, 0.2) is 48.5 Å². The molecule has 1 unspecified atom stereocenters. The van der Waals surface area contributed by atoms with Gasteiger partial charge in [0.05, 0.1) is 12.8 Å². The number of rotatable bonds is 6. The molecule has 0 aliphatic rings. The van der Waals surface area contributed by atoms with Crippen LogP contribution in [0.5, 0.6) is 5.75 Å². The van der Waals surface area contributed by atoms with E-state index in [1.54, 1.807) is 7.11 Å². The summed E-state index contributed by atoms with van der Waals surface area (Å²) in [6.07, 6.45) is 1.10. The number of hydrogen-bond acceptors (Lipinski definition) is 2. The number of anilines is 1. The molecule has 0 saturated carbocycles. The number of aryl methyl sites for hydroxylation is 1. The molecule has 1 N–H and O–H groups in total. The molecule has 106 valence electrons. The summed E-state index contributed by atoms with van der Waals surface area (Å²) in [4.78, 5) is 0. The second-order valence-electron chi connectivity index (χ2n) is 5.23. The zero-order valence-electron chi connectivity index (χ0n) is 12.5. The third-order valence-corrected chi connectivity index (χ3v) is 3.62. The van der Waals surface area contributed by atoms with Gasteiger partial charge in [-0.15, -0.1) is 0 Å². The molecule has 0 amide bonds. The van der Waals surface area contributed by atoms with Crippen LogP contribution in [-0.4, -0.2) is 13.7 Å². The molecule has 0 fully saturated rings. The van der Waals surface area contributed by atoms with Crippen molar-refractivity contribution in [3.8, 4) is 5.75 Å². The van der Waals surface area contributed by atoms with E-state index in [1.165, 1.54) is 11.1 Å². The van der Waals surface area contributed by atoms with E-state index in [9.17, 15) is 0 Å². The molecule has 0 heterocycles. The van der Waals surface area contributed by atoms with E-state index in [0.717, 1.165) is 24.4 Å². The van der Waals surface area contributed by atoms with Crippen molar-refractivity contribution in [2.75, 3.05) is 19.0 Å². The zero-order valence-corrected chi connectivity index (χ0v) is 12.5. The predicted molar refractivity (Wildman–Crippen MR) is 85.7 cm³/mol. The van der Waals surface area contributed by atoms with E-state index >= 15 is 0 Å². The molecule has 0 aliphatic carbocycles. The van der Waals surface area contributed by atoms with Gasteiger partial charge in [0.1, 0.15) is 5.75 Å². The predicted octanol–water partition coefficient (Wildman–Crippen LogP) is 4.61. The van der Waals surface area contributed by atoms with E-state index in [0.29, 0.717) is 5.92 Å². The largest absolute Gasteiger partial charge is 0.495 e. The van der Waals surface area contributed by atoms with Crippen molar-refractivity contribution >= 4 is 5.69 Å². The van der Waals surface area contributed by atoms with Crippen LogP contribution >= 0.6 is 0 Å². The van der Waals surface area contributed by atoms with E-state index in [-0.39, 0.29) is 0 Å². The Morgan fingerprint density at radius 3 is 2.55 bits per heavy atom. The Bertz CT molecular complexity index is 536. The molecule has 2 rings (SSSR count). The van der Waals surface area contributed by atoms with Gasteiger partial charge in [-0.1, -0.05) is 43.3 Å². The van der Waals surface area contributed by atoms with Gasteiger partial charge in [-0.25, -0.2) is 0 Å². The molecular weight excluding hydrogens is 246 g/mol. The van der Waals surface area contributed by atoms with Crippen LogP contribution in [0, 0.1) is 6.92 Å². The van der Waals surface area contributed by atoms with Crippen molar-refractivity contribution in [3.05, 3.63) is 59.7 Å². The fourth-order valence-corrected chi connectivity index (χ4v) is 2.32. The summed E-state index contributed by atoms with van der Waals surface area (Å²) < 4.78 is 5.41. The summed E-state index contributed by atoms with van der Waals surface area (Å²) >= 11 is 0. The van der Waals surface area contributed by atoms with Crippen molar-refractivity contribution in [2.24, 2.45) is 0 Å². The molecular formula is C18H23NO. The van der Waals surface area contributed by atoms with Gasteiger partial charge < -0.3 is 10.1 Å². The second kappa shape index (κ2) is 6.99. The standard InChI is InChI=1S/C18H23NO/c1-14-9-10-17(18(13-14)20-3)19-12-11-15(2)16-7-5-4-6-8-16/h4-10,13,15,19H,11-12H2,1-3H3. The fraction of sp³-hybridized carbons (Fsp3) is 0.333. The van der Waals surface area contributed by atoms with Crippen molar-refractivity contribution in [1.82, 2.24) is 0 Å². The molecule has 2 nitrogen and oxygen atoms in total. The third kappa shape index (κ3) is 3.77. The second-order valence-corrected chi connectivity index (χ2v) is 5.23. The van der Waals surface area contributed by atoms with Crippen LogP contribution in [0.1, 0.15) is 30.4 Å². The average molecular weight is 269 g/mol. The van der Waals surface area contributed by atoms with Crippen molar-refractivity contribution in [3.63, 3.8) is 0 Å². The number of methoxy groups -OCH3 is 1. The maximum absolute atomic E-state index is 5.41. The first-order valence-corrected chi connectivity index (χ1v) is 7.14. The summed E-state index contributed by atoms with van der Waals surface area (Å²) in [5, 5.41) is 3.47. The highest BCUT2D eigenvalue weighted by atomic mass is 16.5. The lowest BCUT2D eigenvalue weighted by Gasteiger charge is -2.15. The van der Waals surface area contributed by atoms with Gasteiger partial charge in [0.2, 0.25) is 0 Å². The highest BCUT2D eigenvalue weighted by molar-refractivity contribution is 5.57. The van der Waals surface area contributed by atoms with Gasteiger partial charge in [-0.05, 0) is 42.5 Å². The van der Waals surface area contributed by atoms with Crippen LogP contribution in [0.4, 0.5) is 5.69 Å². The lowest BCUT2D eigenvalue weighted by molar-refractivity contribution is 0.416.